The maximum absolute atomic E-state index is 12.7. The summed E-state index contributed by atoms with van der Waals surface area (Å²) in [5.74, 6) is -0.433. The first-order valence-electron chi connectivity index (χ1n) is 7.05. The topological polar surface area (TPSA) is 74.7 Å². The highest BCUT2D eigenvalue weighted by Gasteiger charge is 2.32. The van der Waals surface area contributed by atoms with Gasteiger partial charge in [0, 0.05) is 18.0 Å². The molecule has 0 amide bonds. The fourth-order valence-corrected chi connectivity index (χ4v) is 5.60. The fraction of sp³-hybridized carbons (Fsp3) is 0.643. The summed E-state index contributed by atoms with van der Waals surface area (Å²) in [6, 6.07) is 1.29. The second-order valence-electron chi connectivity index (χ2n) is 5.77. The number of carbonyl (C=O) groups is 1. The molecule has 21 heavy (non-hydrogen) atoms. The van der Waals surface area contributed by atoms with Crippen LogP contribution in [-0.2, 0) is 10.0 Å². The zero-order valence-corrected chi connectivity index (χ0v) is 14.1. The van der Waals surface area contributed by atoms with Crippen molar-refractivity contribution in [3.8, 4) is 0 Å². The van der Waals surface area contributed by atoms with Crippen LogP contribution in [0.5, 0.6) is 0 Å². The lowest BCUT2D eigenvalue weighted by Gasteiger charge is -2.32. The van der Waals surface area contributed by atoms with Gasteiger partial charge in [0.25, 0.3) is 0 Å². The van der Waals surface area contributed by atoms with Crippen LogP contribution < -0.4 is 0 Å². The van der Waals surface area contributed by atoms with Crippen molar-refractivity contribution >= 4 is 27.3 Å². The Hall–Kier alpha value is -0.920. The summed E-state index contributed by atoms with van der Waals surface area (Å²) >= 11 is 1.01. The molecule has 0 unspecified atom stereocenters. The Bertz CT molecular complexity index is 627. The van der Waals surface area contributed by atoms with Gasteiger partial charge in [-0.05, 0) is 44.6 Å². The SMILES string of the molecule is Cc1sc(C(=O)O)cc1S(=O)(=O)N(C)C1CCC(C)CC1. The number of carboxylic acids is 1. The molecule has 0 atom stereocenters. The highest BCUT2D eigenvalue weighted by atomic mass is 32.2. The smallest absolute Gasteiger partial charge is 0.345 e. The predicted molar refractivity (Wildman–Crippen MR) is 82.4 cm³/mol. The number of rotatable bonds is 4. The maximum Gasteiger partial charge on any atom is 0.345 e. The quantitative estimate of drug-likeness (QED) is 0.920. The summed E-state index contributed by atoms with van der Waals surface area (Å²) in [6.07, 6.45) is 3.80. The molecule has 0 radical (unpaired) electrons. The van der Waals surface area contributed by atoms with Gasteiger partial charge in [-0.2, -0.15) is 4.31 Å². The van der Waals surface area contributed by atoms with Crippen LogP contribution in [0.15, 0.2) is 11.0 Å². The Kier molecular flexibility index (Phi) is 4.75. The highest BCUT2D eigenvalue weighted by Crippen LogP contribution is 2.32. The molecule has 2 rings (SSSR count). The van der Waals surface area contributed by atoms with E-state index in [0.29, 0.717) is 10.8 Å². The molecule has 1 aliphatic rings. The third kappa shape index (κ3) is 3.30. The van der Waals surface area contributed by atoms with Crippen molar-refractivity contribution in [2.45, 2.75) is 50.5 Å². The van der Waals surface area contributed by atoms with Crippen molar-refractivity contribution in [2.24, 2.45) is 5.92 Å². The van der Waals surface area contributed by atoms with Gasteiger partial charge >= 0.3 is 5.97 Å². The van der Waals surface area contributed by atoms with Gasteiger partial charge in [0.15, 0.2) is 0 Å². The van der Waals surface area contributed by atoms with Gasteiger partial charge in [0.1, 0.15) is 4.88 Å². The van der Waals surface area contributed by atoms with Crippen LogP contribution in [0.1, 0.15) is 47.2 Å². The number of aryl methyl sites for hydroxylation is 1. The van der Waals surface area contributed by atoms with E-state index in [1.54, 1.807) is 14.0 Å². The molecule has 1 saturated carbocycles. The van der Waals surface area contributed by atoms with Gasteiger partial charge in [-0.25, -0.2) is 13.2 Å². The van der Waals surface area contributed by atoms with Gasteiger partial charge in [-0.1, -0.05) is 6.92 Å². The third-order valence-corrected chi connectivity index (χ3v) is 7.44. The summed E-state index contributed by atoms with van der Waals surface area (Å²) < 4.78 is 26.8. The number of aromatic carboxylic acids is 1. The van der Waals surface area contributed by atoms with E-state index < -0.39 is 16.0 Å². The largest absolute Gasteiger partial charge is 0.477 e. The number of hydrogen-bond acceptors (Lipinski definition) is 4. The number of nitrogens with zero attached hydrogens (tertiary/aromatic N) is 1. The van der Waals surface area contributed by atoms with Gasteiger partial charge in [-0.3, -0.25) is 0 Å². The summed E-state index contributed by atoms with van der Waals surface area (Å²) in [4.78, 5) is 11.7. The van der Waals surface area contributed by atoms with Crippen LogP contribution >= 0.6 is 11.3 Å². The molecule has 1 aromatic rings. The van der Waals surface area contributed by atoms with Crippen LogP contribution in [-0.4, -0.2) is 36.9 Å². The first kappa shape index (κ1) is 16.5. The van der Waals surface area contributed by atoms with Crippen LogP contribution in [0.4, 0.5) is 0 Å². The van der Waals surface area contributed by atoms with Gasteiger partial charge in [0.2, 0.25) is 10.0 Å². The molecular formula is C14H21NO4S2. The van der Waals surface area contributed by atoms with Crippen molar-refractivity contribution < 1.29 is 18.3 Å². The number of thiophene rings is 1. The molecular weight excluding hydrogens is 310 g/mol. The van der Waals surface area contributed by atoms with Crippen LogP contribution in [0.2, 0.25) is 0 Å². The van der Waals surface area contributed by atoms with Crippen molar-refractivity contribution in [1.82, 2.24) is 4.31 Å². The van der Waals surface area contributed by atoms with Crippen LogP contribution in [0, 0.1) is 12.8 Å². The van der Waals surface area contributed by atoms with E-state index in [0.717, 1.165) is 37.0 Å². The van der Waals surface area contributed by atoms with E-state index in [9.17, 15) is 13.2 Å². The lowest BCUT2D eigenvalue weighted by Crippen LogP contribution is -2.39. The van der Waals surface area contributed by atoms with Crippen LogP contribution in [0.3, 0.4) is 0 Å². The molecule has 1 N–H and O–H groups in total. The monoisotopic (exact) mass is 331 g/mol. The minimum Gasteiger partial charge on any atom is -0.477 e. The molecule has 0 saturated heterocycles. The van der Waals surface area contributed by atoms with E-state index in [1.807, 2.05) is 0 Å². The lowest BCUT2D eigenvalue weighted by atomic mass is 9.87. The minimum absolute atomic E-state index is 0.0128. The first-order valence-corrected chi connectivity index (χ1v) is 9.31. The molecule has 5 nitrogen and oxygen atoms in total. The number of hydrogen-bond donors (Lipinski definition) is 1. The van der Waals surface area contributed by atoms with Crippen LogP contribution in [0.25, 0.3) is 0 Å². The molecule has 1 fully saturated rings. The van der Waals surface area contributed by atoms with E-state index in [4.69, 9.17) is 5.11 Å². The number of carboxylic acid groups (broad SMARTS) is 1. The Labute approximate surface area is 129 Å². The zero-order valence-electron chi connectivity index (χ0n) is 12.5. The van der Waals surface area contributed by atoms with E-state index in [-0.39, 0.29) is 15.8 Å². The summed E-state index contributed by atoms with van der Waals surface area (Å²) in [7, 11) is -2.01. The van der Waals surface area contributed by atoms with Crippen molar-refractivity contribution in [1.29, 1.82) is 0 Å². The second kappa shape index (κ2) is 6.06. The van der Waals surface area contributed by atoms with E-state index in [1.165, 1.54) is 10.4 Å². The normalized spacial score (nSPS) is 23.4. The lowest BCUT2D eigenvalue weighted by molar-refractivity contribution is 0.0702. The molecule has 0 spiro atoms. The average molecular weight is 331 g/mol. The molecule has 1 aromatic heterocycles. The summed E-state index contributed by atoms with van der Waals surface area (Å²) in [5, 5.41) is 9.01. The Morgan fingerprint density at radius 1 is 1.33 bits per heavy atom. The van der Waals surface area contributed by atoms with Gasteiger partial charge in [-0.15, -0.1) is 11.3 Å². The molecule has 0 aliphatic heterocycles. The first-order chi connectivity index (χ1) is 9.73. The number of sulfonamides is 1. The Balaban J connectivity index is 2.27. The Morgan fingerprint density at radius 3 is 2.38 bits per heavy atom. The second-order valence-corrected chi connectivity index (χ2v) is 8.99. The summed E-state index contributed by atoms with van der Waals surface area (Å²) in [6.45, 7) is 3.84. The molecule has 118 valence electrons. The third-order valence-electron chi connectivity index (χ3n) is 4.24. The van der Waals surface area contributed by atoms with E-state index in [2.05, 4.69) is 6.92 Å². The molecule has 0 aromatic carbocycles. The fourth-order valence-electron chi connectivity index (χ4n) is 2.78. The molecule has 7 heteroatoms. The average Bonchev–Trinajstić information content (AvgIpc) is 2.82. The van der Waals surface area contributed by atoms with Gasteiger partial charge in [0.05, 0.1) is 4.90 Å². The van der Waals surface area contributed by atoms with Crippen molar-refractivity contribution in [2.75, 3.05) is 7.05 Å². The maximum atomic E-state index is 12.7. The van der Waals surface area contributed by atoms with Crippen molar-refractivity contribution in [3.05, 3.63) is 15.8 Å². The Morgan fingerprint density at radius 2 is 1.90 bits per heavy atom. The van der Waals surface area contributed by atoms with Gasteiger partial charge < -0.3 is 5.11 Å². The summed E-state index contributed by atoms with van der Waals surface area (Å²) in [5.41, 5.74) is 0. The predicted octanol–water partition coefficient (Wildman–Crippen LogP) is 2.95. The molecule has 1 heterocycles. The van der Waals surface area contributed by atoms with Crippen molar-refractivity contribution in [3.63, 3.8) is 0 Å². The molecule has 1 aliphatic carbocycles. The van der Waals surface area contributed by atoms with E-state index >= 15 is 0 Å². The molecule has 0 bridgehead atoms. The minimum atomic E-state index is -3.62. The zero-order chi connectivity index (χ0) is 15.8. The highest BCUT2D eigenvalue weighted by molar-refractivity contribution is 7.89. The standard InChI is InChI=1S/C14H21NO4S2/c1-9-4-6-11(7-5-9)15(3)21(18,19)13-8-12(14(16)17)20-10(13)2/h8-9,11H,4-7H2,1-3H3,(H,16,17).